The van der Waals surface area contributed by atoms with Gasteiger partial charge in [-0.3, -0.25) is 14.6 Å². The average Bonchev–Trinajstić information content (AvgIpc) is 2.77. The van der Waals surface area contributed by atoms with Gasteiger partial charge in [0, 0.05) is 17.8 Å². The summed E-state index contributed by atoms with van der Waals surface area (Å²) in [6, 6.07) is 10.6. The second-order valence-corrected chi connectivity index (χ2v) is 7.02. The average molecular weight is 397 g/mol. The van der Waals surface area contributed by atoms with Crippen molar-refractivity contribution in [1.82, 2.24) is 15.6 Å². The third-order valence-corrected chi connectivity index (χ3v) is 4.91. The molecule has 3 rings (SSSR count). The third-order valence-electron chi connectivity index (χ3n) is 4.91. The molecule has 0 aliphatic heterocycles. The van der Waals surface area contributed by atoms with E-state index in [4.69, 9.17) is 9.47 Å². The van der Waals surface area contributed by atoms with Crippen LogP contribution in [-0.4, -0.2) is 43.1 Å². The van der Waals surface area contributed by atoms with E-state index in [-0.39, 0.29) is 23.6 Å². The fourth-order valence-corrected chi connectivity index (χ4v) is 3.31. The standard InChI is InChI=1S/C22H27N3O4/c1-28-18-7-9-19(10-8-18)29-14-13-24-22(27)20-15-16(11-12-23-20)21(26)25-17-5-3-2-4-6-17/h7-12,15,17H,2-6,13-14H2,1H3,(H,24,27)(H,25,26). The summed E-state index contributed by atoms with van der Waals surface area (Å²) in [5, 5.41) is 5.81. The Hall–Kier alpha value is -3.09. The van der Waals surface area contributed by atoms with E-state index < -0.39 is 0 Å². The van der Waals surface area contributed by atoms with Crippen LogP contribution in [0.4, 0.5) is 0 Å². The second-order valence-electron chi connectivity index (χ2n) is 7.02. The zero-order chi connectivity index (χ0) is 20.5. The molecule has 0 spiro atoms. The van der Waals surface area contributed by atoms with Crippen LogP contribution >= 0.6 is 0 Å². The van der Waals surface area contributed by atoms with Crippen LogP contribution in [0, 0.1) is 0 Å². The molecule has 1 aliphatic carbocycles. The van der Waals surface area contributed by atoms with E-state index in [1.54, 1.807) is 25.3 Å². The first-order valence-electron chi connectivity index (χ1n) is 9.97. The summed E-state index contributed by atoms with van der Waals surface area (Å²) < 4.78 is 10.7. The zero-order valence-corrected chi connectivity index (χ0v) is 16.6. The van der Waals surface area contributed by atoms with Crippen LogP contribution in [0.2, 0.25) is 0 Å². The Morgan fingerprint density at radius 1 is 1.03 bits per heavy atom. The molecule has 0 atom stereocenters. The normalized spacial score (nSPS) is 14.1. The Morgan fingerprint density at radius 2 is 1.76 bits per heavy atom. The van der Waals surface area contributed by atoms with Crippen LogP contribution in [-0.2, 0) is 0 Å². The van der Waals surface area contributed by atoms with E-state index in [0.717, 1.165) is 31.4 Å². The smallest absolute Gasteiger partial charge is 0.270 e. The number of amides is 2. The van der Waals surface area contributed by atoms with Crippen molar-refractivity contribution in [3.8, 4) is 11.5 Å². The molecule has 1 aromatic carbocycles. The summed E-state index contributed by atoms with van der Waals surface area (Å²) in [6.45, 7) is 0.644. The minimum absolute atomic E-state index is 0.156. The van der Waals surface area contributed by atoms with Crippen LogP contribution in [0.3, 0.4) is 0 Å². The summed E-state index contributed by atoms with van der Waals surface area (Å²) in [6.07, 6.45) is 7.03. The lowest BCUT2D eigenvalue weighted by Crippen LogP contribution is -2.36. The quantitative estimate of drug-likeness (QED) is 0.669. The van der Waals surface area contributed by atoms with E-state index in [1.165, 1.54) is 18.7 Å². The van der Waals surface area contributed by atoms with Crippen LogP contribution in [0.15, 0.2) is 42.6 Å². The number of carbonyl (C=O) groups is 2. The Balaban J connectivity index is 1.46. The van der Waals surface area contributed by atoms with Crippen molar-refractivity contribution in [3.05, 3.63) is 53.9 Å². The number of pyridine rings is 1. The number of ether oxygens (including phenoxy) is 2. The maximum Gasteiger partial charge on any atom is 0.270 e. The van der Waals surface area contributed by atoms with Gasteiger partial charge in [-0.25, -0.2) is 0 Å². The van der Waals surface area contributed by atoms with Gasteiger partial charge < -0.3 is 20.1 Å². The van der Waals surface area contributed by atoms with Gasteiger partial charge in [0.15, 0.2) is 0 Å². The molecule has 2 aromatic rings. The molecule has 29 heavy (non-hydrogen) atoms. The highest BCUT2D eigenvalue weighted by Crippen LogP contribution is 2.18. The Kier molecular flexibility index (Phi) is 7.44. The molecule has 154 valence electrons. The van der Waals surface area contributed by atoms with Gasteiger partial charge >= 0.3 is 0 Å². The molecule has 0 unspecified atom stereocenters. The van der Waals surface area contributed by atoms with Gasteiger partial charge in [-0.05, 0) is 49.2 Å². The van der Waals surface area contributed by atoms with Crippen molar-refractivity contribution in [2.75, 3.05) is 20.3 Å². The van der Waals surface area contributed by atoms with Gasteiger partial charge in [-0.2, -0.15) is 0 Å². The SMILES string of the molecule is COc1ccc(OCCNC(=O)c2cc(C(=O)NC3CCCCC3)ccn2)cc1. The lowest BCUT2D eigenvalue weighted by atomic mass is 9.95. The molecule has 1 heterocycles. The molecule has 1 aliphatic rings. The molecule has 0 saturated heterocycles. The van der Waals surface area contributed by atoms with Crippen molar-refractivity contribution >= 4 is 11.8 Å². The predicted octanol–water partition coefficient (Wildman–Crippen LogP) is 2.96. The van der Waals surface area contributed by atoms with E-state index in [9.17, 15) is 9.59 Å². The topological polar surface area (TPSA) is 89.5 Å². The van der Waals surface area contributed by atoms with Gasteiger partial charge in [-0.1, -0.05) is 19.3 Å². The monoisotopic (exact) mass is 397 g/mol. The number of nitrogens with zero attached hydrogens (tertiary/aromatic N) is 1. The van der Waals surface area contributed by atoms with Crippen molar-refractivity contribution in [3.63, 3.8) is 0 Å². The molecule has 2 amide bonds. The van der Waals surface area contributed by atoms with Gasteiger partial charge in [0.05, 0.1) is 13.7 Å². The van der Waals surface area contributed by atoms with Crippen LogP contribution < -0.4 is 20.1 Å². The fourth-order valence-electron chi connectivity index (χ4n) is 3.31. The Morgan fingerprint density at radius 3 is 2.48 bits per heavy atom. The molecule has 2 N–H and O–H groups in total. The first kappa shape index (κ1) is 20.6. The van der Waals surface area contributed by atoms with Crippen LogP contribution in [0.25, 0.3) is 0 Å². The maximum atomic E-state index is 12.5. The van der Waals surface area contributed by atoms with Crippen molar-refractivity contribution in [1.29, 1.82) is 0 Å². The number of aromatic nitrogens is 1. The highest BCUT2D eigenvalue weighted by molar-refractivity contribution is 5.98. The van der Waals surface area contributed by atoms with E-state index in [0.29, 0.717) is 24.5 Å². The number of hydrogen-bond acceptors (Lipinski definition) is 5. The number of carbonyl (C=O) groups excluding carboxylic acids is 2. The molecular formula is C22H27N3O4. The lowest BCUT2D eigenvalue weighted by molar-refractivity contribution is 0.0927. The number of rotatable bonds is 8. The molecular weight excluding hydrogens is 370 g/mol. The summed E-state index contributed by atoms with van der Waals surface area (Å²) in [4.78, 5) is 28.9. The molecule has 7 nitrogen and oxygen atoms in total. The van der Waals surface area contributed by atoms with Gasteiger partial charge in [0.25, 0.3) is 11.8 Å². The Bertz CT molecular complexity index is 817. The summed E-state index contributed by atoms with van der Waals surface area (Å²) >= 11 is 0. The van der Waals surface area contributed by atoms with Crippen molar-refractivity contribution < 1.29 is 19.1 Å². The van der Waals surface area contributed by atoms with Gasteiger partial charge in [0.2, 0.25) is 0 Å². The van der Waals surface area contributed by atoms with E-state index in [1.807, 2.05) is 12.1 Å². The number of hydrogen-bond donors (Lipinski definition) is 2. The largest absolute Gasteiger partial charge is 0.497 e. The maximum absolute atomic E-state index is 12.5. The second kappa shape index (κ2) is 10.5. The third kappa shape index (κ3) is 6.20. The first-order chi connectivity index (χ1) is 14.2. The minimum Gasteiger partial charge on any atom is -0.497 e. The summed E-state index contributed by atoms with van der Waals surface area (Å²) in [5.41, 5.74) is 0.663. The van der Waals surface area contributed by atoms with Crippen LogP contribution in [0.1, 0.15) is 53.0 Å². The molecule has 1 aromatic heterocycles. The molecule has 1 saturated carbocycles. The molecule has 7 heteroatoms. The zero-order valence-electron chi connectivity index (χ0n) is 16.6. The van der Waals surface area contributed by atoms with Crippen LogP contribution in [0.5, 0.6) is 11.5 Å². The molecule has 1 fully saturated rings. The van der Waals surface area contributed by atoms with Gasteiger partial charge in [-0.15, -0.1) is 0 Å². The first-order valence-corrected chi connectivity index (χ1v) is 9.97. The van der Waals surface area contributed by atoms with Crippen molar-refractivity contribution in [2.45, 2.75) is 38.1 Å². The molecule has 0 radical (unpaired) electrons. The van der Waals surface area contributed by atoms with E-state index >= 15 is 0 Å². The fraction of sp³-hybridized carbons (Fsp3) is 0.409. The minimum atomic E-state index is -0.337. The number of benzene rings is 1. The van der Waals surface area contributed by atoms with Gasteiger partial charge in [0.1, 0.15) is 23.8 Å². The van der Waals surface area contributed by atoms with Crippen molar-refractivity contribution in [2.24, 2.45) is 0 Å². The Labute approximate surface area is 170 Å². The summed E-state index contributed by atoms with van der Waals surface area (Å²) in [5.74, 6) is 0.954. The predicted molar refractivity (Wildman–Crippen MR) is 109 cm³/mol. The lowest BCUT2D eigenvalue weighted by Gasteiger charge is -2.22. The number of methoxy groups -OCH3 is 1. The van der Waals surface area contributed by atoms with E-state index in [2.05, 4.69) is 15.6 Å². The molecule has 0 bridgehead atoms. The summed E-state index contributed by atoms with van der Waals surface area (Å²) in [7, 11) is 1.61. The number of nitrogens with one attached hydrogen (secondary N) is 2. The highest BCUT2D eigenvalue weighted by Gasteiger charge is 2.18. The highest BCUT2D eigenvalue weighted by atomic mass is 16.5.